The molecule has 0 bridgehead atoms. The number of benzene rings is 2. The van der Waals surface area contributed by atoms with Crippen LogP contribution in [0.4, 0.5) is 0 Å². The monoisotopic (exact) mass is 325 g/mol. The van der Waals surface area contributed by atoms with E-state index in [0.717, 1.165) is 11.1 Å². The summed E-state index contributed by atoms with van der Waals surface area (Å²) in [7, 11) is 1.57. The van der Waals surface area contributed by atoms with Crippen LogP contribution in [0.1, 0.15) is 11.1 Å². The topological polar surface area (TPSA) is 89.4 Å². The maximum atomic E-state index is 12.6. The molecule has 0 saturated heterocycles. The van der Waals surface area contributed by atoms with Crippen LogP contribution < -0.4 is 11.5 Å². The first-order chi connectivity index (χ1) is 11.5. The van der Waals surface area contributed by atoms with Crippen molar-refractivity contribution in [3.8, 4) is 0 Å². The zero-order chi connectivity index (χ0) is 17.5. The quantitative estimate of drug-likeness (QED) is 0.799. The van der Waals surface area contributed by atoms with E-state index in [1.165, 1.54) is 4.90 Å². The van der Waals surface area contributed by atoms with Gasteiger partial charge in [0.2, 0.25) is 11.8 Å². The van der Waals surface area contributed by atoms with Crippen molar-refractivity contribution in [3.63, 3.8) is 0 Å². The first-order valence-electron chi connectivity index (χ1n) is 7.88. The van der Waals surface area contributed by atoms with Crippen molar-refractivity contribution in [3.05, 3.63) is 71.8 Å². The zero-order valence-electron chi connectivity index (χ0n) is 13.8. The molecule has 0 radical (unpaired) electrons. The Morgan fingerprint density at radius 3 is 1.83 bits per heavy atom. The maximum absolute atomic E-state index is 12.6. The molecule has 2 aromatic rings. The van der Waals surface area contributed by atoms with Crippen molar-refractivity contribution < 1.29 is 9.59 Å². The lowest BCUT2D eigenvalue weighted by Gasteiger charge is -2.28. The van der Waals surface area contributed by atoms with Gasteiger partial charge in [0.1, 0.15) is 6.04 Å². The highest BCUT2D eigenvalue weighted by atomic mass is 16.2. The minimum Gasteiger partial charge on any atom is -0.368 e. The van der Waals surface area contributed by atoms with Crippen LogP contribution in [0, 0.1) is 0 Å². The van der Waals surface area contributed by atoms with E-state index in [1.807, 2.05) is 60.7 Å². The van der Waals surface area contributed by atoms with Gasteiger partial charge in [-0.2, -0.15) is 0 Å². The van der Waals surface area contributed by atoms with Gasteiger partial charge in [0.05, 0.1) is 6.04 Å². The lowest BCUT2D eigenvalue weighted by atomic mass is 10.0. The third-order valence-electron chi connectivity index (χ3n) is 4.03. The van der Waals surface area contributed by atoms with Crippen LogP contribution in [-0.2, 0) is 22.4 Å². The number of nitrogens with zero attached hydrogens (tertiary/aromatic N) is 1. The summed E-state index contributed by atoms with van der Waals surface area (Å²) >= 11 is 0. The average Bonchev–Trinajstić information content (AvgIpc) is 2.60. The summed E-state index contributed by atoms with van der Waals surface area (Å²) in [5.41, 5.74) is 13.5. The smallest absolute Gasteiger partial charge is 0.240 e. The van der Waals surface area contributed by atoms with E-state index in [4.69, 9.17) is 11.5 Å². The number of hydrogen-bond donors (Lipinski definition) is 2. The summed E-state index contributed by atoms with van der Waals surface area (Å²) in [5.74, 6) is -0.833. The van der Waals surface area contributed by atoms with Crippen molar-refractivity contribution in [2.24, 2.45) is 11.5 Å². The first-order valence-corrected chi connectivity index (χ1v) is 7.88. The minimum atomic E-state index is -0.721. The SMILES string of the molecule is CN(C(=O)[C@@H](N)Cc1ccccc1)[C@H](Cc1ccccc1)C(N)=O. The Labute approximate surface area is 142 Å². The van der Waals surface area contributed by atoms with E-state index in [9.17, 15) is 9.59 Å². The molecular weight excluding hydrogens is 302 g/mol. The van der Waals surface area contributed by atoms with Crippen molar-refractivity contribution in [2.75, 3.05) is 7.05 Å². The Balaban J connectivity index is 2.06. The molecular formula is C19H23N3O2. The van der Waals surface area contributed by atoms with Crippen LogP contribution in [0.2, 0.25) is 0 Å². The third kappa shape index (κ3) is 4.67. The molecule has 0 aliphatic carbocycles. The van der Waals surface area contributed by atoms with Crippen molar-refractivity contribution in [2.45, 2.75) is 24.9 Å². The molecule has 2 atom stereocenters. The molecule has 0 unspecified atom stereocenters. The highest BCUT2D eigenvalue weighted by molar-refractivity contribution is 5.89. The van der Waals surface area contributed by atoms with Gasteiger partial charge >= 0.3 is 0 Å². The van der Waals surface area contributed by atoms with Gasteiger partial charge in [0.15, 0.2) is 0 Å². The molecule has 0 aliphatic heterocycles. The Bertz CT molecular complexity index is 674. The van der Waals surface area contributed by atoms with Gasteiger partial charge in [-0.05, 0) is 17.5 Å². The molecule has 0 fully saturated rings. The highest BCUT2D eigenvalue weighted by Crippen LogP contribution is 2.10. The van der Waals surface area contributed by atoms with Gasteiger partial charge in [-0.1, -0.05) is 60.7 Å². The second kappa shape index (κ2) is 8.26. The minimum absolute atomic E-state index is 0.293. The van der Waals surface area contributed by atoms with E-state index < -0.39 is 18.0 Å². The number of rotatable bonds is 7. The summed E-state index contributed by atoms with van der Waals surface area (Å²) in [5, 5.41) is 0. The summed E-state index contributed by atoms with van der Waals surface area (Å²) in [6, 6.07) is 17.6. The molecule has 5 heteroatoms. The van der Waals surface area contributed by atoms with E-state index in [-0.39, 0.29) is 5.91 Å². The molecule has 0 aromatic heterocycles. The van der Waals surface area contributed by atoms with E-state index in [2.05, 4.69) is 0 Å². The molecule has 0 saturated carbocycles. The Hall–Kier alpha value is -2.66. The van der Waals surface area contributed by atoms with Crippen LogP contribution in [0.25, 0.3) is 0 Å². The molecule has 5 nitrogen and oxygen atoms in total. The zero-order valence-corrected chi connectivity index (χ0v) is 13.8. The molecule has 0 spiro atoms. The number of amides is 2. The fourth-order valence-electron chi connectivity index (χ4n) is 2.64. The normalized spacial score (nSPS) is 13.1. The molecule has 4 N–H and O–H groups in total. The number of primary amides is 1. The summed E-state index contributed by atoms with van der Waals surface area (Å²) in [4.78, 5) is 25.8. The number of hydrogen-bond acceptors (Lipinski definition) is 3. The van der Waals surface area contributed by atoms with Crippen LogP contribution in [0.3, 0.4) is 0 Å². The van der Waals surface area contributed by atoms with Crippen molar-refractivity contribution >= 4 is 11.8 Å². The lowest BCUT2D eigenvalue weighted by molar-refractivity contribution is -0.138. The van der Waals surface area contributed by atoms with Crippen LogP contribution in [0.5, 0.6) is 0 Å². The molecule has 2 rings (SSSR count). The number of carbonyl (C=O) groups is 2. The maximum Gasteiger partial charge on any atom is 0.240 e. The predicted molar refractivity (Wildman–Crippen MR) is 94.0 cm³/mol. The molecule has 0 aliphatic rings. The van der Waals surface area contributed by atoms with Gasteiger partial charge in [0.25, 0.3) is 0 Å². The van der Waals surface area contributed by atoms with Crippen LogP contribution in [0.15, 0.2) is 60.7 Å². The molecule has 2 amide bonds. The van der Waals surface area contributed by atoms with E-state index in [0.29, 0.717) is 12.8 Å². The second-order valence-electron chi connectivity index (χ2n) is 5.85. The Morgan fingerprint density at radius 1 is 0.917 bits per heavy atom. The highest BCUT2D eigenvalue weighted by Gasteiger charge is 2.28. The fraction of sp³-hybridized carbons (Fsp3) is 0.263. The van der Waals surface area contributed by atoms with Gasteiger partial charge in [-0.25, -0.2) is 0 Å². The molecule has 24 heavy (non-hydrogen) atoms. The second-order valence-corrected chi connectivity index (χ2v) is 5.85. The number of carbonyl (C=O) groups excluding carboxylic acids is 2. The van der Waals surface area contributed by atoms with E-state index in [1.54, 1.807) is 7.05 Å². The largest absolute Gasteiger partial charge is 0.368 e. The van der Waals surface area contributed by atoms with Crippen LogP contribution in [-0.4, -0.2) is 35.8 Å². The lowest BCUT2D eigenvalue weighted by Crippen LogP contribution is -2.52. The Morgan fingerprint density at radius 2 is 1.38 bits per heavy atom. The fourth-order valence-corrected chi connectivity index (χ4v) is 2.64. The standard InChI is InChI=1S/C19H23N3O2/c1-22(17(18(21)23)13-15-10-6-3-7-11-15)19(24)16(20)12-14-8-4-2-5-9-14/h2-11,16-17H,12-13,20H2,1H3,(H2,21,23)/t16-,17+/m0/s1. The summed E-state index contributed by atoms with van der Waals surface area (Å²) in [6.45, 7) is 0. The van der Waals surface area contributed by atoms with Gasteiger partial charge < -0.3 is 16.4 Å². The molecule has 0 heterocycles. The van der Waals surface area contributed by atoms with Crippen molar-refractivity contribution in [1.29, 1.82) is 0 Å². The van der Waals surface area contributed by atoms with E-state index >= 15 is 0 Å². The predicted octanol–water partition coefficient (Wildman–Crippen LogP) is 1.11. The van der Waals surface area contributed by atoms with Gasteiger partial charge in [0, 0.05) is 13.5 Å². The summed E-state index contributed by atoms with van der Waals surface area (Å²) < 4.78 is 0. The third-order valence-corrected chi connectivity index (χ3v) is 4.03. The molecule has 126 valence electrons. The molecule has 2 aromatic carbocycles. The number of likely N-dealkylation sites (N-methyl/N-ethyl adjacent to an activating group) is 1. The van der Waals surface area contributed by atoms with Gasteiger partial charge in [-0.3, -0.25) is 9.59 Å². The number of nitrogens with two attached hydrogens (primary N) is 2. The summed E-state index contributed by atoms with van der Waals surface area (Å²) in [6.07, 6.45) is 0.789. The van der Waals surface area contributed by atoms with Crippen LogP contribution >= 0.6 is 0 Å². The van der Waals surface area contributed by atoms with Crippen molar-refractivity contribution in [1.82, 2.24) is 4.90 Å². The Kier molecular flexibility index (Phi) is 6.09. The van der Waals surface area contributed by atoms with Gasteiger partial charge in [-0.15, -0.1) is 0 Å². The average molecular weight is 325 g/mol. The first kappa shape index (κ1) is 17.7.